The number of hydrogen-bond donors (Lipinski definition) is 1. The van der Waals surface area contributed by atoms with Crippen LogP contribution in [0.4, 0.5) is 10.5 Å². The third-order valence-corrected chi connectivity index (χ3v) is 4.11. The van der Waals surface area contributed by atoms with E-state index in [0.717, 1.165) is 25.1 Å². The first-order valence-electron chi connectivity index (χ1n) is 6.42. The maximum absolute atomic E-state index is 12.2. The number of thioether (sulfide) groups is 1. The van der Waals surface area contributed by atoms with Gasteiger partial charge in [0.1, 0.15) is 0 Å². The topological polar surface area (TPSA) is 32.3 Å². The number of benzene rings is 1. The van der Waals surface area contributed by atoms with Crippen molar-refractivity contribution in [3.8, 4) is 0 Å². The largest absolute Gasteiger partial charge is 0.322 e. The Morgan fingerprint density at radius 1 is 1.44 bits per heavy atom. The van der Waals surface area contributed by atoms with E-state index in [9.17, 15) is 4.79 Å². The lowest BCUT2D eigenvalue weighted by Crippen LogP contribution is -2.44. The molecule has 18 heavy (non-hydrogen) atoms. The molecule has 2 amide bonds. The van der Waals surface area contributed by atoms with Gasteiger partial charge in [0.2, 0.25) is 0 Å². The maximum Gasteiger partial charge on any atom is 0.322 e. The molecule has 1 N–H and O–H groups in total. The highest BCUT2D eigenvalue weighted by atomic mass is 32.2. The van der Waals surface area contributed by atoms with Gasteiger partial charge in [0.15, 0.2) is 0 Å². The molecule has 1 saturated heterocycles. The minimum atomic E-state index is 0.0282. The van der Waals surface area contributed by atoms with Crippen LogP contribution in [0.25, 0.3) is 0 Å². The number of likely N-dealkylation sites (tertiary alicyclic amines) is 1. The fourth-order valence-corrected chi connectivity index (χ4v) is 2.76. The van der Waals surface area contributed by atoms with Gasteiger partial charge in [-0.3, -0.25) is 0 Å². The van der Waals surface area contributed by atoms with E-state index in [1.54, 1.807) is 11.8 Å². The summed E-state index contributed by atoms with van der Waals surface area (Å²) in [7, 11) is 0. The van der Waals surface area contributed by atoms with Crippen LogP contribution in [0, 0.1) is 0 Å². The van der Waals surface area contributed by atoms with Gasteiger partial charge in [-0.2, -0.15) is 0 Å². The second-order valence-corrected chi connectivity index (χ2v) is 5.58. The van der Waals surface area contributed by atoms with Crippen LogP contribution >= 0.6 is 11.8 Å². The van der Waals surface area contributed by atoms with Crippen molar-refractivity contribution >= 4 is 23.5 Å². The van der Waals surface area contributed by atoms with Gasteiger partial charge >= 0.3 is 6.03 Å². The highest BCUT2D eigenvalue weighted by Crippen LogP contribution is 2.21. The summed E-state index contributed by atoms with van der Waals surface area (Å²) in [4.78, 5) is 15.3. The minimum Gasteiger partial charge on any atom is -0.322 e. The number of nitrogens with zero attached hydrogens (tertiary/aromatic N) is 1. The van der Waals surface area contributed by atoms with Crippen molar-refractivity contribution in [2.45, 2.75) is 37.1 Å². The van der Waals surface area contributed by atoms with E-state index in [2.05, 4.69) is 12.2 Å². The Bertz CT molecular complexity index is 422. The second kappa shape index (κ2) is 6.14. The summed E-state index contributed by atoms with van der Waals surface area (Å²) in [5.41, 5.74) is 0.879. The molecule has 0 spiro atoms. The molecule has 0 aliphatic carbocycles. The molecule has 0 unspecified atom stereocenters. The first kappa shape index (κ1) is 13.3. The number of amides is 2. The molecule has 1 aliphatic rings. The fraction of sp³-hybridized carbons (Fsp3) is 0.500. The van der Waals surface area contributed by atoms with Crippen LogP contribution in [-0.2, 0) is 0 Å². The molecule has 0 radical (unpaired) electrons. The molecule has 1 atom stereocenters. The minimum absolute atomic E-state index is 0.0282. The molecule has 0 bridgehead atoms. The van der Waals surface area contributed by atoms with Crippen LogP contribution in [-0.4, -0.2) is 29.8 Å². The third kappa shape index (κ3) is 3.19. The van der Waals surface area contributed by atoms with Crippen LogP contribution in [0.15, 0.2) is 29.2 Å². The van der Waals surface area contributed by atoms with Gasteiger partial charge in [-0.25, -0.2) is 4.79 Å². The Hall–Kier alpha value is -1.16. The van der Waals surface area contributed by atoms with Crippen LogP contribution in [0.3, 0.4) is 0 Å². The summed E-state index contributed by atoms with van der Waals surface area (Å²) in [5.74, 6) is 0. The van der Waals surface area contributed by atoms with Gasteiger partial charge in [0.25, 0.3) is 0 Å². The van der Waals surface area contributed by atoms with Gasteiger partial charge in [-0.15, -0.1) is 11.8 Å². The van der Waals surface area contributed by atoms with Gasteiger partial charge in [-0.05, 0) is 50.6 Å². The second-order valence-electron chi connectivity index (χ2n) is 4.70. The Kier molecular flexibility index (Phi) is 4.53. The molecule has 0 saturated carbocycles. The van der Waals surface area contributed by atoms with E-state index >= 15 is 0 Å². The van der Waals surface area contributed by atoms with Crippen LogP contribution in [0.5, 0.6) is 0 Å². The van der Waals surface area contributed by atoms with Gasteiger partial charge in [0.05, 0.1) is 0 Å². The van der Waals surface area contributed by atoms with E-state index < -0.39 is 0 Å². The van der Waals surface area contributed by atoms with Crippen molar-refractivity contribution < 1.29 is 4.79 Å². The van der Waals surface area contributed by atoms with Gasteiger partial charge in [-0.1, -0.05) is 6.07 Å². The van der Waals surface area contributed by atoms with Crippen molar-refractivity contribution in [3.63, 3.8) is 0 Å². The number of piperidine rings is 1. The molecule has 2 rings (SSSR count). The molecule has 1 aromatic rings. The Balaban J connectivity index is 2.01. The molecular formula is C14H20N2OS. The van der Waals surface area contributed by atoms with Crippen molar-refractivity contribution in [1.82, 2.24) is 4.90 Å². The number of urea groups is 1. The normalized spacial score (nSPS) is 19.7. The first-order chi connectivity index (χ1) is 8.70. The standard InChI is InChI=1S/C14H20N2OS/c1-11-6-3-4-9-16(11)14(17)15-12-7-5-8-13(10-12)18-2/h5,7-8,10-11H,3-4,6,9H2,1-2H3,(H,15,17)/t11-/m0/s1. The summed E-state index contributed by atoms with van der Waals surface area (Å²) in [6, 6.07) is 8.34. The lowest BCUT2D eigenvalue weighted by Gasteiger charge is -2.33. The Labute approximate surface area is 113 Å². The predicted molar refractivity (Wildman–Crippen MR) is 77.3 cm³/mol. The molecule has 1 heterocycles. The summed E-state index contributed by atoms with van der Waals surface area (Å²) < 4.78 is 0. The van der Waals surface area contributed by atoms with Crippen molar-refractivity contribution in [2.24, 2.45) is 0 Å². The quantitative estimate of drug-likeness (QED) is 0.824. The summed E-state index contributed by atoms with van der Waals surface area (Å²) in [6.45, 7) is 2.99. The lowest BCUT2D eigenvalue weighted by atomic mass is 10.0. The number of carbonyl (C=O) groups excluding carboxylic acids is 1. The zero-order valence-corrected chi connectivity index (χ0v) is 11.8. The summed E-state index contributed by atoms with van der Waals surface area (Å²) in [5, 5.41) is 2.99. The van der Waals surface area contributed by atoms with E-state index in [0.29, 0.717) is 6.04 Å². The number of nitrogens with one attached hydrogen (secondary N) is 1. The van der Waals surface area contributed by atoms with Crippen LogP contribution < -0.4 is 5.32 Å². The SMILES string of the molecule is CSc1cccc(NC(=O)N2CCCC[C@@H]2C)c1. The van der Waals surface area contributed by atoms with Crippen LogP contribution in [0.2, 0.25) is 0 Å². The summed E-state index contributed by atoms with van der Waals surface area (Å²) in [6.07, 6.45) is 5.49. The molecule has 1 fully saturated rings. The molecule has 4 heteroatoms. The van der Waals surface area contributed by atoms with Gasteiger partial charge < -0.3 is 10.2 Å². The Morgan fingerprint density at radius 2 is 2.28 bits per heavy atom. The highest BCUT2D eigenvalue weighted by molar-refractivity contribution is 7.98. The third-order valence-electron chi connectivity index (χ3n) is 3.38. The number of carbonyl (C=O) groups is 1. The molecule has 98 valence electrons. The number of rotatable bonds is 2. The first-order valence-corrected chi connectivity index (χ1v) is 7.65. The predicted octanol–water partition coefficient (Wildman–Crippen LogP) is 3.81. The van der Waals surface area contributed by atoms with Crippen molar-refractivity contribution in [1.29, 1.82) is 0 Å². The fourth-order valence-electron chi connectivity index (χ4n) is 2.30. The summed E-state index contributed by atoms with van der Waals surface area (Å²) >= 11 is 1.68. The van der Waals surface area contributed by atoms with Gasteiger partial charge in [0, 0.05) is 23.2 Å². The zero-order valence-electron chi connectivity index (χ0n) is 11.0. The van der Waals surface area contributed by atoms with E-state index in [1.807, 2.05) is 35.4 Å². The molecule has 3 nitrogen and oxygen atoms in total. The lowest BCUT2D eigenvalue weighted by molar-refractivity contribution is 0.170. The zero-order chi connectivity index (χ0) is 13.0. The number of anilines is 1. The van der Waals surface area contributed by atoms with Crippen LogP contribution in [0.1, 0.15) is 26.2 Å². The molecule has 0 aromatic heterocycles. The Morgan fingerprint density at radius 3 is 3.00 bits per heavy atom. The maximum atomic E-state index is 12.2. The average Bonchev–Trinajstić information content (AvgIpc) is 2.39. The number of hydrogen-bond acceptors (Lipinski definition) is 2. The molecule has 1 aromatic carbocycles. The monoisotopic (exact) mass is 264 g/mol. The molecule has 1 aliphatic heterocycles. The van der Waals surface area contributed by atoms with Crippen molar-refractivity contribution in [3.05, 3.63) is 24.3 Å². The van der Waals surface area contributed by atoms with E-state index in [1.165, 1.54) is 11.3 Å². The average molecular weight is 264 g/mol. The smallest absolute Gasteiger partial charge is 0.322 e. The van der Waals surface area contributed by atoms with E-state index in [4.69, 9.17) is 0 Å². The van der Waals surface area contributed by atoms with Crippen molar-refractivity contribution in [2.75, 3.05) is 18.1 Å². The van der Waals surface area contributed by atoms with E-state index in [-0.39, 0.29) is 6.03 Å². The molecular weight excluding hydrogens is 244 g/mol. The highest BCUT2D eigenvalue weighted by Gasteiger charge is 2.22.